The normalized spacial score (nSPS) is 10.9. The van der Waals surface area contributed by atoms with Crippen LogP contribution in [0.5, 0.6) is 11.5 Å². The lowest BCUT2D eigenvalue weighted by atomic mass is 10.1. The standard InChI is InChI=1S/C26H28N4O3/c1-5-7-19-10-12-20(13-11-19)33-16-25(31)27-24-15-18(3)29-30(24)23-14-17(2)21-8-6-9-22(32-4)26(21)28-23/h6,8-15H,5,7,16H2,1-4H3,(H,27,31). The summed E-state index contributed by atoms with van der Waals surface area (Å²) < 4.78 is 12.8. The minimum atomic E-state index is -0.274. The number of aromatic nitrogens is 3. The third-order valence-corrected chi connectivity index (χ3v) is 5.36. The van der Waals surface area contributed by atoms with Gasteiger partial charge < -0.3 is 14.8 Å². The molecule has 0 radical (unpaired) electrons. The number of hydrogen-bond acceptors (Lipinski definition) is 5. The molecule has 33 heavy (non-hydrogen) atoms. The summed E-state index contributed by atoms with van der Waals surface area (Å²) >= 11 is 0. The Labute approximate surface area is 193 Å². The van der Waals surface area contributed by atoms with Gasteiger partial charge in [-0.1, -0.05) is 37.6 Å². The van der Waals surface area contributed by atoms with Crippen LogP contribution in [0.1, 0.15) is 30.2 Å². The molecule has 0 saturated heterocycles. The third kappa shape index (κ3) is 4.98. The number of rotatable bonds is 8. The molecular formula is C26H28N4O3. The van der Waals surface area contributed by atoms with Gasteiger partial charge in [-0.15, -0.1) is 0 Å². The smallest absolute Gasteiger partial charge is 0.263 e. The molecule has 0 aliphatic rings. The first-order valence-corrected chi connectivity index (χ1v) is 11.0. The number of carbonyl (C=O) groups is 1. The molecule has 1 amide bonds. The van der Waals surface area contributed by atoms with E-state index < -0.39 is 0 Å². The highest BCUT2D eigenvalue weighted by Gasteiger charge is 2.15. The molecule has 0 spiro atoms. The highest BCUT2D eigenvalue weighted by Crippen LogP contribution is 2.28. The second kappa shape index (κ2) is 9.73. The van der Waals surface area contributed by atoms with Gasteiger partial charge >= 0.3 is 0 Å². The fourth-order valence-corrected chi connectivity index (χ4v) is 3.78. The van der Waals surface area contributed by atoms with E-state index in [0.717, 1.165) is 35.0 Å². The van der Waals surface area contributed by atoms with Gasteiger partial charge in [-0.3, -0.25) is 4.79 Å². The van der Waals surface area contributed by atoms with E-state index in [1.807, 2.05) is 62.4 Å². The minimum absolute atomic E-state index is 0.102. The molecule has 0 bridgehead atoms. The number of pyridine rings is 1. The Morgan fingerprint density at radius 3 is 2.61 bits per heavy atom. The molecule has 170 valence electrons. The molecule has 2 aromatic heterocycles. The molecule has 2 aromatic carbocycles. The molecular weight excluding hydrogens is 416 g/mol. The highest BCUT2D eigenvalue weighted by atomic mass is 16.5. The summed E-state index contributed by atoms with van der Waals surface area (Å²) in [6, 6.07) is 17.4. The first-order valence-electron chi connectivity index (χ1n) is 11.0. The van der Waals surface area contributed by atoms with Crippen molar-refractivity contribution in [1.82, 2.24) is 14.8 Å². The molecule has 7 nitrogen and oxygen atoms in total. The third-order valence-electron chi connectivity index (χ3n) is 5.36. The van der Waals surface area contributed by atoms with Crippen LogP contribution in [0.3, 0.4) is 0 Å². The fraction of sp³-hybridized carbons (Fsp3) is 0.269. The van der Waals surface area contributed by atoms with Crippen molar-refractivity contribution < 1.29 is 14.3 Å². The van der Waals surface area contributed by atoms with Crippen molar-refractivity contribution in [2.75, 3.05) is 19.0 Å². The van der Waals surface area contributed by atoms with Crippen molar-refractivity contribution in [3.8, 4) is 17.3 Å². The Kier molecular flexibility index (Phi) is 6.58. The van der Waals surface area contributed by atoms with Crippen LogP contribution in [0.25, 0.3) is 16.7 Å². The van der Waals surface area contributed by atoms with E-state index in [2.05, 4.69) is 17.3 Å². The lowest BCUT2D eigenvalue weighted by Gasteiger charge is -2.12. The molecule has 0 saturated carbocycles. The van der Waals surface area contributed by atoms with Gasteiger partial charge in [0.15, 0.2) is 12.4 Å². The van der Waals surface area contributed by atoms with E-state index in [1.165, 1.54) is 5.56 Å². The van der Waals surface area contributed by atoms with Crippen molar-refractivity contribution in [2.24, 2.45) is 0 Å². The maximum absolute atomic E-state index is 12.6. The van der Waals surface area contributed by atoms with Crippen molar-refractivity contribution in [3.63, 3.8) is 0 Å². The van der Waals surface area contributed by atoms with Gasteiger partial charge in [0.05, 0.1) is 12.8 Å². The number of ether oxygens (including phenoxy) is 2. The first-order chi connectivity index (χ1) is 16.0. The lowest BCUT2D eigenvalue weighted by molar-refractivity contribution is -0.118. The summed E-state index contributed by atoms with van der Waals surface area (Å²) in [6.45, 7) is 5.93. The van der Waals surface area contributed by atoms with E-state index >= 15 is 0 Å². The predicted octanol–water partition coefficient (Wildman–Crippen LogP) is 5.02. The van der Waals surface area contributed by atoms with Crippen molar-refractivity contribution in [1.29, 1.82) is 0 Å². The van der Waals surface area contributed by atoms with E-state index in [-0.39, 0.29) is 12.5 Å². The summed E-state index contributed by atoms with van der Waals surface area (Å²) in [5.41, 5.74) is 3.80. The van der Waals surface area contributed by atoms with E-state index in [4.69, 9.17) is 14.5 Å². The van der Waals surface area contributed by atoms with Crippen LogP contribution < -0.4 is 14.8 Å². The van der Waals surface area contributed by atoms with E-state index in [9.17, 15) is 4.79 Å². The summed E-state index contributed by atoms with van der Waals surface area (Å²) in [5, 5.41) is 8.44. The maximum atomic E-state index is 12.6. The summed E-state index contributed by atoms with van der Waals surface area (Å²) in [4.78, 5) is 17.4. The molecule has 7 heteroatoms. The van der Waals surface area contributed by atoms with Gasteiger partial charge in [0.2, 0.25) is 0 Å². The van der Waals surface area contributed by atoms with Crippen LogP contribution in [-0.2, 0) is 11.2 Å². The number of nitrogens with zero attached hydrogens (tertiary/aromatic N) is 3. The Morgan fingerprint density at radius 1 is 1.09 bits per heavy atom. The number of hydrogen-bond donors (Lipinski definition) is 1. The molecule has 2 heterocycles. The topological polar surface area (TPSA) is 78.3 Å². The van der Waals surface area contributed by atoms with Gasteiger partial charge in [-0.05, 0) is 55.7 Å². The average molecular weight is 445 g/mol. The van der Waals surface area contributed by atoms with Crippen LogP contribution in [0.2, 0.25) is 0 Å². The zero-order chi connectivity index (χ0) is 23.4. The van der Waals surface area contributed by atoms with Crippen LogP contribution in [0.15, 0.2) is 54.6 Å². The van der Waals surface area contributed by atoms with Crippen LogP contribution in [0, 0.1) is 13.8 Å². The minimum Gasteiger partial charge on any atom is -0.494 e. The number of carbonyl (C=O) groups excluding carboxylic acids is 1. The molecule has 1 N–H and O–H groups in total. The quantitative estimate of drug-likeness (QED) is 0.413. The molecule has 4 rings (SSSR count). The van der Waals surface area contributed by atoms with Gasteiger partial charge in [0.1, 0.15) is 22.8 Å². The number of para-hydroxylation sites is 1. The molecule has 0 aliphatic carbocycles. The Morgan fingerprint density at radius 2 is 1.88 bits per heavy atom. The number of amides is 1. The number of nitrogens with one attached hydrogen (secondary N) is 1. The predicted molar refractivity (Wildman–Crippen MR) is 129 cm³/mol. The molecule has 0 fully saturated rings. The first kappa shape index (κ1) is 22.3. The number of methoxy groups -OCH3 is 1. The monoisotopic (exact) mass is 444 g/mol. The van der Waals surface area contributed by atoms with Crippen molar-refractivity contribution >= 4 is 22.6 Å². The molecule has 0 aliphatic heterocycles. The number of benzene rings is 2. The van der Waals surface area contributed by atoms with Crippen molar-refractivity contribution in [2.45, 2.75) is 33.6 Å². The van der Waals surface area contributed by atoms with Crippen LogP contribution in [-0.4, -0.2) is 34.4 Å². The second-order valence-corrected chi connectivity index (χ2v) is 7.97. The number of fused-ring (bicyclic) bond motifs is 1. The molecule has 0 atom stereocenters. The van der Waals surface area contributed by atoms with E-state index in [1.54, 1.807) is 17.9 Å². The SMILES string of the molecule is CCCc1ccc(OCC(=O)Nc2cc(C)nn2-c2cc(C)c3cccc(OC)c3n2)cc1. The summed E-state index contributed by atoms with van der Waals surface area (Å²) in [7, 11) is 1.62. The van der Waals surface area contributed by atoms with Crippen LogP contribution >= 0.6 is 0 Å². The van der Waals surface area contributed by atoms with E-state index in [0.29, 0.717) is 23.1 Å². The second-order valence-electron chi connectivity index (χ2n) is 7.97. The average Bonchev–Trinajstić information content (AvgIpc) is 3.18. The summed E-state index contributed by atoms with van der Waals surface area (Å²) in [5.74, 6) is 2.20. The number of anilines is 1. The molecule has 0 unspecified atom stereocenters. The Hall–Kier alpha value is -3.87. The molecule has 4 aromatic rings. The maximum Gasteiger partial charge on any atom is 0.263 e. The van der Waals surface area contributed by atoms with Crippen molar-refractivity contribution in [3.05, 3.63) is 71.4 Å². The van der Waals surface area contributed by atoms with Gasteiger partial charge in [0.25, 0.3) is 5.91 Å². The van der Waals surface area contributed by atoms with Gasteiger partial charge in [0, 0.05) is 11.5 Å². The highest BCUT2D eigenvalue weighted by molar-refractivity contribution is 5.92. The van der Waals surface area contributed by atoms with Gasteiger partial charge in [-0.2, -0.15) is 9.78 Å². The Balaban J connectivity index is 1.53. The Bertz CT molecular complexity index is 1280. The zero-order valence-corrected chi connectivity index (χ0v) is 19.4. The summed E-state index contributed by atoms with van der Waals surface area (Å²) in [6.07, 6.45) is 2.12. The van der Waals surface area contributed by atoms with Gasteiger partial charge in [-0.25, -0.2) is 4.98 Å². The largest absolute Gasteiger partial charge is 0.494 e. The lowest BCUT2D eigenvalue weighted by Crippen LogP contribution is -2.22. The van der Waals surface area contributed by atoms with Crippen LogP contribution in [0.4, 0.5) is 5.82 Å². The fourth-order valence-electron chi connectivity index (χ4n) is 3.78. The zero-order valence-electron chi connectivity index (χ0n) is 19.4. The number of aryl methyl sites for hydroxylation is 3.